The van der Waals surface area contributed by atoms with Crippen molar-refractivity contribution in [3.8, 4) is 16.9 Å². The number of aryl methyl sites for hydroxylation is 1. The van der Waals surface area contributed by atoms with Crippen molar-refractivity contribution in [1.82, 2.24) is 30.0 Å². The van der Waals surface area contributed by atoms with Gasteiger partial charge in [-0.15, -0.1) is 0 Å². The van der Waals surface area contributed by atoms with E-state index < -0.39 is 17.3 Å². The summed E-state index contributed by atoms with van der Waals surface area (Å²) in [5.41, 5.74) is 9.05. The summed E-state index contributed by atoms with van der Waals surface area (Å²) in [4.78, 5) is 68.2. The number of fused-ring (bicyclic) bond motifs is 3. The van der Waals surface area contributed by atoms with Crippen molar-refractivity contribution in [3.63, 3.8) is 0 Å². The lowest BCUT2D eigenvalue weighted by Crippen LogP contribution is -2.46. The Morgan fingerprint density at radius 3 is 2.36 bits per heavy atom. The topological polar surface area (TPSA) is 175 Å². The van der Waals surface area contributed by atoms with E-state index in [0.717, 1.165) is 118 Å². The molecular weight excluding hydrogens is 975 g/mol. The largest absolute Gasteiger partial charge is 0.493 e. The smallest absolute Gasteiger partial charge is 0.355 e. The standard InChI is InChI=1S/C60H69N9O6S/c1-38-40(52-45(60(2,3)4)36-50(62-54(52)58(73)74)69-30-28-39-18-15-20-41(44(39)37-69)56(71)64-59-61-46-22-11-12-25-49(46)76-59)19-17-24-48(38)75-35-14-10-8-6-7-9-13-29-67-31-33-68(34-32-67)47-23-16-21-42-53(65-66(5)55(42)47)43-26-27-51(70)63-57(43)72/h11-12,15-25,36,43H,6-10,13-14,26-35,37H2,1-5H3,(H,73,74)(H,61,64,71)(H,63,70,72). The van der Waals surface area contributed by atoms with E-state index in [9.17, 15) is 24.3 Å². The third-order valence-electron chi connectivity index (χ3n) is 15.5. The number of ether oxygens (including phenoxy) is 1. The number of thiazole rings is 1. The minimum absolute atomic E-state index is 0.00244. The number of nitrogens with zero attached hydrogens (tertiary/aromatic N) is 7. The van der Waals surface area contributed by atoms with Gasteiger partial charge in [0, 0.05) is 69.3 Å². The lowest BCUT2D eigenvalue weighted by atomic mass is 9.80. The van der Waals surface area contributed by atoms with Crippen LogP contribution in [0.25, 0.3) is 32.2 Å². The predicted molar refractivity (Wildman–Crippen MR) is 301 cm³/mol. The van der Waals surface area contributed by atoms with E-state index in [2.05, 4.69) is 69.3 Å². The number of carbonyl (C=O) groups is 4. The number of aromatic nitrogens is 4. The zero-order chi connectivity index (χ0) is 53.1. The van der Waals surface area contributed by atoms with Gasteiger partial charge in [-0.3, -0.25) is 34.6 Å². The summed E-state index contributed by atoms with van der Waals surface area (Å²) >= 11 is 1.44. The molecule has 0 bridgehead atoms. The van der Waals surface area contributed by atoms with Crippen molar-refractivity contribution in [2.75, 3.05) is 61.0 Å². The lowest BCUT2D eigenvalue weighted by Gasteiger charge is -2.36. The molecule has 2 saturated heterocycles. The maximum atomic E-state index is 13.8. The number of amides is 3. The molecule has 0 aliphatic carbocycles. The van der Waals surface area contributed by atoms with Crippen LogP contribution in [0, 0.1) is 6.92 Å². The molecule has 3 N–H and O–H groups in total. The number of para-hydroxylation sites is 2. The summed E-state index contributed by atoms with van der Waals surface area (Å²) in [6.45, 7) is 14.9. The summed E-state index contributed by atoms with van der Waals surface area (Å²) in [6, 6.07) is 27.8. The number of rotatable bonds is 18. The van der Waals surface area contributed by atoms with Gasteiger partial charge in [-0.2, -0.15) is 5.10 Å². The number of unbranched alkanes of at least 4 members (excludes halogenated alkanes) is 6. The van der Waals surface area contributed by atoms with Crippen molar-refractivity contribution >= 4 is 72.8 Å². The Labute approximate surface area is 448 Å². The van der Waals surface area contributed by atoms with Crippen LogP contribution in [0.3, 0.4) is 0 Å². The number of piperidine rings is 1. The van der Waals surface area contributed by atoms with Crippen LogP contribution in [0.1, 0.15) is 133 Å². The molecule has 3 aromatic heterocycles. The SMILES string of the molecule is Cc1c(OCCCCCCCCCN2CCN(c3cccc4c(C5CCC(=O)NC5=O)nn(C)c34)CC2)cccc1-c1c(C(C)(C)C)cc(N2CCc3cccc(C(=O)Nc4nc5ccccc5s4)c3C2)nc1C(=O)O. The Bertz CT molecular complexity index is 3280. The number of imide groups is 1. The molecule has 3 aliphatic heterocycles. The van der Waals surface area contributed by atoms with Gasteiger partial charge in [0.25, 0.3) is 5.91 Å². The molecule has 3 amide bonds. The number of aromatic carboxylic acids is 1. The molecule has 0 radical (unpaired) electrons. The minimum atomic E-state index is -1.10. The molecule has 2 fully saturated rings. The Balaban J connectivity index is 0.698. The molecule has 16 heteroatoms. The predicted octanol–water partition coefficient (Wildman–Crippen LogP) is 10.8. The number of pyridine rings is 1. The Morgan fingerprint density at radius 1 is 0.842 bits per heavy atom. The summed E-state index contributed by atoms with van der Waals surface area (Å²) in [5, 5.41) is 22.7. The second-order valence-electron chi connectivity index (χ2n) is 21.6. The van der Waals surface area contributed by atoms with Gasteiger partial charge in [0.1, 0.15) is 11.6 Å². The molecule has 15 nitrogen and oxygen atoms in total. The Hall–Kier alpha value is -7.17. The van der Waals surface area contributed by atoms with Gasteiger partial charge in [-0.1, -0.05) is 113 Å². The van der Waals surface area contributed by atoms with Gasteiger partial charge >= 0.3 is 5.97 Å². The first-order valence-corrected chi connectivity index (χ1v) is 27.8. The van der Waals surface area contributed by atoms with Crippen molar-refractivity contribution in [1.29, 1.82) is 0 Å². The van der Waals surface area contributed by atoms with Crippen molar-refractivity contribution in [2.24, 2.45) is 7.05 Å². The van der Waals surface area contributed by atoms with E-state index in [0.29, 0.717) is 61.0 Å². The average Bonchev–Trinajstić information content (AvgIpc) is 4.02. The van der Waals surface area contributed by atoms with Gasteiger partial charge in [-0.05, 0) is 109 Å². The average molecular weight is 1040 g/mol. The first kappa shape index (κ1) is 52.3. The molecule has 10 rings (SSSR count). The third kappa shape index (κ3) is 11.2. The fourth-order valence-corrected chi connectivity index (χ4v) is 12.2. The van der Waals surface area contributed by atoms with Crippen molar-refractivity contribution in [2.45, 2.75) is 110 Å². The van der Waals surface area contributed by atoms with E-state index >= 15 is 0 Å². The normalized spacial score (nSPS) is 16.3. The Morgan fingerprint density at radius 2 is 1.59 bits per heavy atom. The molecule has 1 atom stereocenters. The molecule has 76 heavy (non-hydrogen) atoms. The number of nitrogens with one attached hydrogen (secondary N) is 2. The van der Waals surface area contributed by atoms with Gasteiger partial charge in [0.2, 0.25) is 11.8 Å². The molecule has 7 aromatic rings. The Kier molecular flexibility index (Phi) is 15.5. The number of piperazine rings is 1. The van der Waals surface area contributed by atoms with Crippen LogP contribution < -0.4 is 25.2 Å². The van der Waals surface area contributed by atoms with Crippen LogP contribution >= 0.6 is 11.3 Å². The molecule has 4 aromatic carbocycles. The van der Waals surface area contributed by atoms with Crippen LogP contribution in [0.2, 0.25) is 0 Å². The number of benzene rings is 4. The van der Waals surface area contributed by atoms with Crippen LogP contribution in [-0.4, -0.2) is 99.3 Å². The molecule has 396 valence electrons. The first-order chi connectivity index (χ1) is 36.7. The number of hydrogen-bond donors (Lipinski definition) is 3. The zero-order valence-electron chi connectivity index (χ0n) is 44.4. The summed E-state index contributed by atoms with van der Waals surface area (Å²) < 4.78 is 9.31. The first-order valence-electron chi connectivity index (χ1n) is 27.0. The minimum Gasteiger partial charge on any atom is -0.493 e. The molecule has 0 saturated carbocycles. The van der Waals surface area contributed by atoms with E-state index in [4.69, 9.17) is 14.8 Å². The lowest BCUT2D eigenvalue weighted by molar-refractivity contribution is -0.134. The molecule has 1 unspecified atom stereocenters. The monoisotopic (exact) mass is 1040 g/mol. The number of anilines is 3. The van der Waals surface area contributed by atoms with Gasteiger partial charge in [0.05, 0.1) is 39.6 Å². The van der Waals surface area contributed by atoms with E-state index in [1.165, 1.54) is 37.0 Å². The van der Waals surface area contributed by atoms with Crippen LogP contribution in [0.4, 0.5) is 16.6 Å². The molecule has 6 heterocycles. The summed E-state index contributed by atoms with van der Waals surface area (Å²) in [5.74, 6) is -0.895. The highest BCUT2D eigenvalue weighted by Gasteiger charge is 2.34. The highest BCUT2D eigenvalue weighted by molar-refractivity contribution is 7.22. The third-order valence-corrected chi connectivity index (χ3v) is 16.4. The van der Waals surface area contributed by atoms with Gasteiger partial charge in [-0.25, -0.2) is 14.8 Å². The van der Waals surface area contributed by atoms with Crippen molar-refractivity contribution < 1.29 is 29.0 Å². The van der Waals surface area contributed by atoms with Gasteiger partial charge in [0.15, 0.2) is 10.8 Å². The maximum absolute atomic E-state index is 13.8. The second kappa shape index (κ2) is 22.6. The van der Waals surface area contributed by atoms with E-state index in [1.807, 2.05) is 85.4 Å². The fourth-order valence-electron chi connectivity index (χ4n) is 11.4. The summed E-state index contributed by atoms with van der Waals surface area (Å²) in [7, 11) is 1.94. The molecular formula is C60H69N9O6S. The zero-order valence-corrected chi connectivity index (χ0v) is 45.2. The number of carbonyl (C=O) groups excluding carboxylic acids is 3. The summed E-state index contributed by atoms with van der Waals surface area (Å²) in [6.07, 6.45) is 9.48. The maximum Gasteiger partial charge on any atom is 0.355 e. The van der Waals surface area contributed by atoms with E-state index in [1.54, 1.807) is 0 Å². The van der Waals surface area contributed by atoms with Gasteiger partial charge < -0.3 is 19.6 Å². The quantitative estimate of drug-likeness (QED) is 0.0549. The molecule has 0 spiro atoms. The van der Waals surface area contributed by atoms with Crippen LogP contribution in [0.5, 0.6) is 5.75 Å². The number of carboxylic acids is 1. The van der Waals surface area contributed by atoms with Crippen LogP contribution in [-0.2, 0) is 35.0 Å². The van der Waals surface area contributed by atoms with E-state index in [-0.39, 0.29) is 23.4 Å². The fraction of sp³-hybridized carbons (Fsp3) is 0.417. The number of carboxylic acid groups (broad SMARTS) is 1. The highest BCUT2D eigenvalue weighted by atomic mass is 32.1. The van der Waals surface area contributed by atoms with Crippen molar-refractivity contribution in [3.05, 3.63) is 124 Å². The second-order valence-corrected chi connectivity index (χ2v) is 22.7. The highest BCUT2D eigenvalue weighted by Crippen LogP contribution is 2.42. The van der Waals surface area contributed by atoms with Crippen LogP contribution in [0.15, 0.2) is 84.9 Å². The molecule has 3 aliphatic rings. The number of hydrogen-bond acceptors (Lipinski definition) is 12.